The minimum absolute atomic E-state index is 0.260. The molecule has 4 rings (SSSR count). The number of carbonyl (C=O) groups is 1. The zero-order chi connectivity index (χ0) is 15.8. The SMILES string of the molecule is O=C(O)N1CCc2ccccc2C1c1csc(C2OCCO2)c1. The molecule has 1 atom stereocenters. The molecular formula is C17H17NO4S. The molecule has 1 unspecified atom stereocenters. The fourth-order valence-corrected chi connectivity index (χ4v) is 4.21. The summed E-state index contributed by atoms with van der Waals surface area (Å²) in [6.45, 7) is 1.72. The summed E-state index contributed by atoms with van der Waals surface area (Å²) < 4.78 is 11.1. The van der Waals surface area contributed by atoms with Crippen LogP contribution in [0.4, 0.5) is 4.79 Å². The Hall–Kier alpha value is -1.89. The van der Waals surface area contributed by atoms with Crippen molar-refractivity contribution in [3.8, 4) is 0 Å². The Kier molecular flexibility index (Phi) is 3.80. The van der Waals surface area contributed by atoms with Crippen LogP contribution in [0, 0.1) is 0 Å². The van der Waals surface area contributed by atoms with Gasteiger partial charge in [-0.25, -0.2) is 4.79 Å². The summed E-state index contributed by atoms with van der Waals surface area (Å²) in [5.74, 6) is 0. The molecule has 120 valence electrons. The van der Waals surface area contributed by atoms with Gasteiger partial charge >= 0.3 is 6.09 Å². The lowest BCUT2D eigenvalue weighted by molar-refractivity contribution is -0.0413. The molecule has 1 N–H and O–H groups in total. The van der Waals surface area contributed by atoms with E-state index in [1.807, 2.05) is 29.6 Å². The molecular weight excluding hydrogens is 314 g/mol. The van der Waals surface area contributed by atoms with Gasteiger partial charge in [-0.15, -0.1) is 11.3 Å². The highest BCUT2D eigenvalue weighted by Crippen LogP contribution is 2.39. The molecule has 0 aliphatic carbocycles. The van der Waals surface area contributed by atoms with Gasteiger partial charge in [-0.2, -0.15) is 0 Å². The molecule has 1 saturated heterocycles. The smallest absolute Gasteiger partial charge is 0.408 e. The van der Waals surface area contributed by atoms with E-state index in [1.165, 1.54) is 10.5 Å². The van der Waals surface area contributed by atoms with Crippen LogP contribution < -0.4 is 0 Å². The average Bonchev–Trinajstić information content (AvgIpc) is 3.24. The Morgan fingerprint density at radius 2 is 2.04 bits per heavy atom. The van der Waals surface area contributed by atoms with Crippen molar-refractivity contribution in [3.63, 3.8) is 0 Å². The van der Waals surface area contributed by atoms with Gasteiger partial charge in [-0.1, -0.05) is 24.3 Å². The summed E-state index contributed by atoms with van der Waals surface area (Å²) in [5, 5.41) is 11.6. The summed E-state index contributed by atoms with van der Waals surface area (Å²) >= 11 is 1.56. The number of thiophene rings is 1. The number of ether oxygens (including phenoxy) is 2. The fourth-order valence-electron chi connectivity index (χ4n) is 3.29. The van der Waals surface area contributed by atoms with Crippen molar-refractivity contribution in [2.24, 2.45) is 0 Å². The Morgan fingerprint density at radius 3 is 2.83 bits per heavy atom. The first-order valence-corrected chi connectivity index (χ1v) is 8.51. The number of carboxylic acid groups (broad SMARTS) is 1. The topological polar surface area (TPSA) is 59.0 Å². The molecule has 0 bridgehead atoms. The molecule has 23 heavy (non-hydrogen) atoms. The van der Waals surface area contributed by atoms with Crippen molar-refractivity contribution in [2.45, 2.75) is 18.8 Å². The maximum absolute atomic E-state index is 11.7. The highest BCUT2D eigenvalue weighted by atomic mass is 32.1. The number of amides is 1. The summed E-state index contributed by atoms with van der Waals surface area (Å²) in [7, 11) is 0. The van der Waals surface area contributed by atoms with Gasteiger partial charge in [-0.3, -0.25) is 4.90 Å². The van der Waals surface area contributed by atoms with Crippen LogP contribution in [-0.4, -0.2) is 35.9 Å². The Bertz CT molecular complexity index is 723. The third kappa shape index (κ3) is 2.63. The lowest BCUT2D eigenvalue weighted by atomic mass is 9.89. The maximum atomic E-state index is 11.7. The molecule has 0 spiro atoms. The molecule has 1 fully saturated rings. The van der Waals surface area contributed by atoms with Crippen LogP contribution in [0.5, 0.6) is 0 Å². The Balaban J connectivity index is 1.73. The van der Waals surface area contributed by atoms with Crippen LogP contribution in [0.2, 0.25) is 0 Å². The summed E-state index contributed by atoms with van der Waals surface area (Å²) in [6, 6.07) is 9.83. The molecule has 6 heteroatoms. The first-order chi connectivity index (χ1) is 11.2. The number of rotatable bonds is 2. The van der Waals surface area contributed by atoms with Gasteiger partial charge in [0.05, 0.1) is 24.1 Å². The van der Waals surface area contributed by atoms with E-state index < -0.39 is 6.09 Å². The molecule has 3 heterocycles. The van der Waals surface area contributed by atoms with Crippen molar-refractivity contribution in [2.75, 3.05) is 19.8 Å². The van der Waals surface area contributed by atoms with Crippen molar-refractivity contribution in [1.29, 1.82) is 0 Å². The summed E-state index contributed by atoms with van der Waals surface area (Å²) in [6.07, 6.45) is -0.443. The van der Waals surface area contributed by atoms with E-state index in [9.17, 15) is 9.90 Å². The standard InChI is InChI=1S/C17H17NO4S/c19-17(20)18-6-5-11-3-1-2-4-13(11)15(18)12-9-14(23-10-12)16-21-7-8-22-16/h1-4,9-10,15-16H,5-8H2,(H,19,20). The monoisotopic (exact) mass is 331 g/mol. The second kappa shape index (κ2) is 5.96. The number of nitrogens with zero attached hydrogens (tertiary/aromatic N) is 1. The maximum Gasteiger partial charge on any atom is 0.408 e. The molecule has 1 aromatic carbocycles. The van der Waals surface area contributed by atoms with Crippen molar-refractivity contribution < 1.29 is 19.4 Å². The predicted octanol–water partition coefficient (Wildman–Crippen LogP) is 3.42. The van der Waals surface area contributed by atoms with Crippen LogP contribution in [0.3, 0.4) is 0 Å². The molecule has 0 radical (unpaired) electrons. The average molecular weight is 331 g/mol. The van der Waals surface area contributed by atoms with E-state index in [1.54, 1.807) is 11.3 Å². The number of fused-ring (bicyclic) bond motifs is 1. The lowest BCUT2D eigenvalue weighted by Crippen LogP contribution is -2.39. The van der Waals surface area contributed by atoms with Gasteiger partial charge in [0.1, 0.15) is 0 Å². The fraction of sp³-hybridized carbons (Fsp3) is 0.353. The minimum Gasteiger partial charge on any atom is -0.465 e. The molecule has 2 aliphatic heterocycles. The van der Waals surface area contributed by atoms with E-state index >= 15 is 0 Å². The minimum atomic E-state index is -0.884. The van der Waals surface area contributed by atoms with Crippen molar-refractivity contribution in [1.82, 2.24) is 4.90 Å². The van der Waals surface area contributed by atoms with Crippen LogP contribution in [-0.2, 0) is 15.9 Å². The molecule has 2 aromatic rings. The third-order valence-electron chi connectivity index (χ3n) is 4.34. The Labute approximate surface area is 138 Å². The summed E-state index contributed by atoms with van der Waals surface area (Å²) in [4.78, 5) is 14.2. The van der Waals surface area contributed by atoms with Crippen molar-refractivity contribution in [3.05, 3.63) is 57.3 Å². The first-order valence-electron chi connectivity index (χ1n) is 7.63. The van der Waals surface area contributed by atoms with Gasteiger partial charge in [0, 0.05) is 6.54 Å². The third-order valence-corrected chi connectivity index (χ3v) is 5.31. The van der Waals surface area contributed by atoms with Crippen LogP contribution in [0.1, 0.15) is 33.9 Å². The molecule has 2 aliphatic rings. The van der Waals surface area contributed by atoms with E-state index in [0.29, 0.717) is 19.8 Å². The number of benzene rings is 1. The zero-order valence-electron chi connectivity index (χ0n) is 12.5. The summed E-state index contributed by atoms with van der Waals surface area (Å²) in [5.41, 5.74) is 3.27. The molecule has 1 amide bonds. The van der Waals surface area contributed by atoms with Crippen LogP contribution in [0.15, 0.2) is 35.7 Å². The van der Waals surface area contributed by atoms with Crippen LogP contribution in [0.25, 0.3) is 0 Å². The lowest BCUT2D eigenvalue weighted by Gasteiger charge is -2.35. The second-order valence-corrected chi connectivity index (χ2v) is 6.63. The van der Waals surface area contributed by atoms with E-state index in [0.717, 1.165) is 22.4 Å². The first kappa shape index (κ1) is 14.7. The molecule has 5 nitrogen and oxygen atoms in total. The predicted molar refractivity (Wildman–Crippen MR) is 85.7 cm³/mol. The van der Waals surface area contributed by atoms with Gasteiger partial charge < -0.3 is 14.6 Å². The quantitative estimate of drug-likeness (QED) is 0.916. The second-order valence-electron chi connectivity index (χ2n) is 5.68. The van der Waals surface area contributed by atoms with Crippen LogP contribution >= 0.6 is 11.3 Å². The van der Waals surface area contributed by atoms with E-state index in [-0.39, 0.29) is 12.3 Å². The highest BCUT2D eigenvalue weighted by molar-refractivity contribution is 7.10. The Morgan fingerprint density at radius 1 is 1.26 bits per heavy atom. The van der Waals surface area contributed by atoms with Gasteiger partial charge in [0.25, 0.3) is 0 Å². The molecule has 1 aromatic heterocycles. The van der Waals surface area contributed by atoms with Gasteiger partial charge in [0.2, 0.25) is 0 Å². The highest BCUT2D eigenvalue weighted by Gasteiger charge is 2.33. The van der Waals surface area contributed by atoms with Gasteiger partial charge in [0.15, 0.2) is 6.29 Å². The van der Waals surface area contributed by atoms with Gasteiger partial charge in [-0.05, 0) is 34.6 Å². The normalized spacial score (nSPS) is 21.4. The van der Waals surface area contributed by atoms with Crippen molar-refractivity contribution >= 4 is 17.4 Å². The number of hydrogen-bond donors (Lipinski definition) is 1. The zero-order valence-corrected chi connectivity index (χ0v) is 13.3. The van der Waals surface area contributed by atoms with E-state index in [2.05, 4.69) is 6.07 Å². The molecule has 0 saturated carbocycles. The largest absolute Gasteiger partial charge is 0.465 e. The number of hydrogen-bond acceptors (Lipinski definition) is 4. The van der Waals surface area contributed by atoms with E-state index in [4.69, 9.17) is 9.47 Å².